The van der Waals surface area contributed by atoms with Crippen LogP contribution >= 0.6 is 0 Å². The van der Waals surface area contributed by atoms with Crippen LogP contribution in [0.1, 0.15) is 31.6 Å². The van der Waals surface area contributed by atoms with E-state index >= 15 is 0 Å². The molecular formula is C22H24N4O5S. The Labute approximate surface area is 186 Å². The second-order valence-corrected chi connectivity index (χ2v) is 9.49. The first-order valence-corrected chi connectivity index (χ1v) is 11.7. The van der Waals surface area contributed by atoms with Crippen LogP contribution in [0, 0.1) is 0 Å². The Morgan fingerprint density at radius 3 is 2.62 bits per heavy atom. The predicted octanol–water partition coefficient (Wildman–Crippen LogP) is 3.27. The molecule has 0 radical (unpaired) electrons. The Hall–Kier alpha value is -3.24. The number of nitrogens with zero attached hydrogens (tertiary/aromatic N) is 3. The van der Waals surface area contributed by atoms with Crippen LogP contribution in [0.3, 0.4) is 0 Å². The first kappa shape index (κ1) is 22.0. The molecule has 1 aromatic heterocycles. The van der Waals surface area contributed by atoms with Crippen LogP contribution in [0.4, 0.5) is 5.69 Å². The minimum Gasteiger partial charge on any atom is -0.496 e. The highest BCUT2D eigenvalue weighted by atomic mass is 32.2. The second kappa shape index (κ2) is 9.09. The number of rotatable bonds is 6. The summed E-state index contributed by atoms with van der Waals surface area (Å²) in [5, 5.41) is 11.0. The van der Waals surface area contributed by atoms with E-state index in [1.54, 1.807) is 19.2 Å². The van der Waals surface area contributed by atoms with Crippen LogP contribution in [-0.2, 0) is 14.8 Å². The molecule has 0 saturated carbocycles. The smallest absolute Gasteiger partial charge is 0.251 e. The van der Waals surface area contributed by atoms with Crippen LogP contribution in [-0.4, -0.2) is 49.0 Å². The number of anilines is 1. The van der Waals surface area contributed by atoms with E-state index < -0.39 is 10.0 Å². The van der Waals surface area contributed by atoms with Gasteiger partial charge in [0.05, 0.1) is 23.5 Å². The fourth-order valence-electron chi connectivity index (χ4n) is 3.75. The van der Waals surface area contributed by atoms with Gasteiger partial charge in [0, 0.05) is 25.7 Å². The van der Waals surface area contributed by atoms with Crippen molar-refractivity contribution in [2.45, 2.75) is 30.6 Å². The van der Waals surface area contributed by atoms with Gasteiger partial charge in [-0.1, -0.05) is 12.1 Å². The molecule has 1 fully saturated rings. The van der Waals surface area contributed by atoms with Gasteiger partial charge in [0.15, 0.2) is 0 Å². The third-order valence-electron chi connectivity index (χ3n) is 5.32. The van der Waals surface area contributed by atoms with Crippen molar-refractivity contribution in [2.24, 2.45) is 0 Å². The number of amides is 1. The standard InChI is InChI=1S/C22H24N4O5S/c1-15(27)23-17-9-11-18(12-10-17)32(28,29)26-13-5-6-16(14-26)21-24-25-22(31-21)19-7-3-4-8-20(19)30-2/h3-4,7-12,16H,5-6,13-14H2,1-2H3,(H,23,27)/t16-/m0/s1. The molecule has 0 spiro atoms. The largest absolute Gasteiger partial charge is 0.496 e. The van der Waals surface area contributed by atoms with Crippen LogP contribution in [0.2, 0.25) is 0 Å². The minimum atomic E-state index is -3.69. The topological polar surface area (TPSA) is 115 Å². The number of sulfonamides is 1. The maximum Gasteiger partial charge on any atom is 0.251 e. The molecule has 1 saturated heterocycles. The SMILES string of the molecule is COc1ccccc1-c1nnc([C@H]2CCCN(S(=O)(=O)c3ccc(NC(C)=O)cc3)C2)o1. The van der Waals surface area contributed by atoms with Crippen LogP contribution in [0.5, 0.6) is 5.75 Å². The fraction of sp³-hybridized carbons (Fsp3) is 0.318. The number of ether oxygens (including phenoxy) is 1. The van der Waals surface area contributed by atoms with Crippen molar-refractivity contribution in [1.29, 1.82) is 0 Å². The molecule has 0 unspecified atom stereocenters. The summed E-state index contributed by atoms with van der Waals surface area (Å²) < 4.78 is 39.0. The highest BCUT2D eigenvalue weighted by molar-refractivity contribution is 7.89. The summed E-state index contributed by atoms with van der Waals surface area (Å²) in [5.74, 6) is 0.954. The van der Waals surface area contributed by atoms with E-state index in [4.69, 9.17) is 9.15 Å². The zero-order chi connectivity index (χ0) is 22.7. The summed E-state index contributed by atoms with van der Waals surface area (Å²) in [7, 11) is -2.12. The number of carbonyl (C=O) groups excluding carboxylic acids is 1. The Morgan fingerprint density at radius 1 is 1.16 bits per heavy atom. The van der Waals surface area contributed by atoms with Gasteiger partial charge in [-0.3, -0.25) is 4.79 Å². The van der Waals surface area contributed by atoms with Crippen molar-refractivity contribution >= 4 is 21.6 Å². The van der Waals surface area contributed by atoms with E-state index in [1.807, 2.05) is 24.3 Å². The zero-order valence-corrected chi connectivity index (χ0v) is 18.6. The highest BCUT2D eigenvalue weighted by Gasteiger charge is 2.33. The molecule has 4 rings (SSSR count). The lowest BCUT2D eigenvalue weighted by molar-refractivity contribution is -0.114. The molecule has 2 aromatic carbocycles. The molecular weight excluding hydrogens is 432 g/mol. The normalized spacial score (nSPS) is 17.1. The van der Waals surface area contributed by atoms with Crippen LogP contribution in [0.25, 0.3) is 11.5 Å². The maximum atomic E-state index is 13.2. The number of benzene rings is 2. The van der Waals surface area contributed by atoms with E-state index in [2.05, 4.69) is 15.5 Å². The molecule has 0 bridgehead atoms. The van der Waals surface area contributed by atoms with E-state index in [9.17, 15) is 13.2 Å². The van der Waals surface area contributed by atoms with Crippen molar-refractivity contribution in [3.63, 3.8) is 0 Å². The monoisotopic (exact) mass is 456 g/mol. The average molecular weight is 457 g/mol. The molecule has 10 heteroatoms. The fourth-order valence-corrected chi connectivity index (χ4v) is 5.28. The third kappa shape index (κ3) is 4.51. The van der Waals surface area contributed by atoms with Crippen LogP contribution in [0.15, 0.2) is 57.8 Å². The number of aromatic nitrogens is 2. The van der Waals surface area contributed by atoms with Crippen molar-refractivity contribution in [2.75, 3.05) is 25.5 Å². The molecule has 2 heterocycles. The van der Waals surface area contributed by atoms with Crippen molar-refractivity contribution in [1.82, 2.24) is 14.5 Å². The first-order chi connectivity index (χ1) is 15.4. The van der Waals surface area contributed by atoms with Gasteiger partial charge in [0.2, 0.25) is 21.8 Å². The Kier molecular flexibility index (Phi) is 6.24. The number of nitrogens with one attached hydrogen (secondary N) is 1. The lowest BCUT2D eigenvalue weighted by Crippen LogP contribution is -2.39. The highest BCUT2D eigenvalue weighted by Crippen LogP contribution is 2.33. The quantitative estimate of drug-likeness (QED) is 0.605. The Bertz CT molecular complexity index is 1210. The van der Waals surface area contributed by atoms with Gasteiger partial charge in [-0.25, -0.2) is 8.42 Å². The molecule has 9 nitrogen and oxygen atoms in total. The first-order valence-electron chi connectivity index (χ1n) is 10.2. The second-order valence-electron chi connectivity index (χ2n) is 7.55. The number of hydrogen-bond donors (Lipinski definition) is 1. The number of para-hydroxylation sites is 1. The molecule has 3 aromatic rings. The molecule has 1 amide bonds. The summed E-state index contributed by atoms with van der Waals surface area (Å²) in [5.41, 5.74) is 1.23. The lowest BCUT2D eigenvalue weighted by atomic mass is 10.00. The molecule has 0 aliphatic carbocycles. The molecule has 1 aliphatic rings. The summed E-state index contributed by atoms with van der Waals surface area (Å²) in [6.45, 7) is 2.07. The summed E-state index contributed by atoms with van der Waals surface area (Å²) >= 11 is 0. The van der Waals surface area contributed by atoms with Gasteiger partial charge >= 0.3 is 0 Å². The Morgan fingerprint density at radius 2 is 1.91 bits per heavy atom. The number of methoxy groups -OCH3 is 1. The summed E-state index contributed by atoms with van der Waals surface area (Å²) in [6, 6.07) is 13.5. The summed E-state index contributed by atoms with van der Waals surface area (Å²) in [4.78, 5) is 11.4. The van der Waals surface area contributed by atoms with Gasteiger partial charge in [-0.15, -0.1) is 10.2 Å². The molecule has 1 aliphatic heterocycles. The van der Waals surface area contributed by atoms with E-state index in [0.717, 1.165) is 6.42 Å². The average Bonchev–Trinajstić information content (AvgIpc) is 3.29. The number of piperidine rings is 1. The molecule has 168 valence electrons. The van der Waals surface area contributed by atoms with E-state index in [1.165, 1.54) is 23.4 Å². The van der Waals surface area contributed by atoms with E-state index in [-0.39, 0.29) is 23.3 Å². The third-order valence-corrected chi connectivity index (χ3v) is 7.20. The predicted molar refractivity (Wildman–Crippen MR) is 118 cm³/mol. The van der Waals surface area contributed by atoms with Crippen molar-refractivity contribution in [3.8, 4) is 17.2 Å². The lowest BCUT2D eigenvalue weighted by Gasteiger charge is -2.30. The van der Waals surface area contributed by atoms with Gasteiger partial charge in [0.1, 0.15) is 5.75 Å². The van der Waals surface area contributed by atoms with Crippen molar-refractivity contribution < 1.29 is 22.4 Å². The molecule has 32 heavy (non-hydrogen) atoms. The van der Waals surface area contributed by atoms with Crippen molar-refractivity contribution in [3.05, 3.63) is 54.4 Å². The minimum absolute atomic E-state index is 0.174. The van der Waals surface area contributed by atoms with Gasteiger partial charge < -0.3 is 14.5 Å². The van der Waals surface area contributed by atoms with Crippen LogP contribution < -0.4 is 10.1 Å². The Balaban J connectivity index is 1.52. The van der Waals surface area contributed by atoms with Gasteiger partial charge in [-0.2, -0.15) is 4.31 Å². The van der Waals surface area contributed by atoms with Gasteiger partial charge in [0.25, 0.3) is 5.89 Å². The number of carbonyl (C=O) groups is 1. The molecule has 1 N–H and O–H groups in total. The summed E-state index contributed by atoms with van der Waals surface area (Å²) in [6.07, 6.45) is 1.43. The molecule has 1 atom stereocenters. The van der Waals surface area contributed by atoms with Gasteiger partial charge in [-0.05, 0) is 49.2 Å². The van der Waals surface area contributed by atoms with E-state index in [0.29, 0.717) is 41.7 Å². The number of hydrogen-bond acceptors (Lipinski definition) is 7. The zero-order valence-electron chi connectivity index (χ0n) is 17.8. The maximum absolute atomic E-state index is 13.2.